The summed E-state index contributed by atoms with van der Waals surface area (Å²) in [5, 5.41) is 4.40. The standard InChI is InChI=1S/C27H27N3O/c1-17-8-10-20(11-9-17)26-25-23(22-6-4-5-7-24(22)29-25)12-13-30(26)27(31)28-21-15-18(2)14-19(3)16-21/h4-11,14-16,26,29H,12-13H2,1-3H3,(H,28,31)/t26-/m0/s1. The van der Waals surface area contributed by atoms with Gasteiger partial charge in [-0.05, 0) is 67.6 Å². The van der Waals surface area contributed by atoms with Crippen molar-refractivity contribution in [2.24, 2.45) is 0 Å². The van der Waals surface area contributed by atoms with E-state index in [4.69, 9.17) is 0 Å². The number of urea groups is 1. The van der Waals surface area contributed by atoms with Crippen molar-refractivity contribution in [3.63, 3.8) is 0 Å². The normalized spacial score (nSPS) is 15.7. The first-order valence-electron chi connectivity index (χ1n) is 10.8. The van der Waals surface area contributed by atoms with Gasteiger partial charge in [-0.1, -0.05) is 54.1 Å². The van der Waals surface area contributed by atoms with Gasteiger partial charge >= 0.3 is 6.03 Å². The molecular weight excluding hydrogens is 382 g/mol. The Bertz CT molecular complexity index is 1250. The van der Waals surface area contributed by atoms with E-state index >= 15 is 0 Å². The van der Waals surface area contributed by atoms with Gasteiger partial charge in [0.1, 0.15) is 0 Å². The van der Waals surface area contributed by atoms with Crippen molar-refractivity contribution in [1.82, 2.24) is 9.88 Å². The van der Waals surface area contributed by atoms with Gasteiger partial charge in [0.05, 0.1) is 6.04 Å². The lowest BCUT2D eigenvalue weighted by Gasteiger charge is -2.36. The molecule has 3 aromatic carbocycles. The molecule has 0 bridgehead atoms. The molecular formula is C27H27N3O. The number of hydrogen-bond acceptors (Lipinski definition) is 1. The zero-order valence-electron chi connectivity index (χ0n) is 18.2. The van der Waals surface area contributed by atoms with Crippen molar-refractivity contribution in [3.8, 4) is 0 Å². The summed E-state index contributed by atoms with van der Waals surface area (Å²) >= 11 is 0. The van der Waals surface area contributed by atoms with Gasteiger partial charge in [0, 0.05) is 28.8 Å². The Morgan fingerprint density at radius 3 is 2.39 bits per heavy atom. The highest BCUT2D eigenvalue weighted by Gasteiger charge is 2.34. The second-order valence-electron chi connectivity index (χ2n) is 8.63. The number of aromatic nitrogens is 1. The predicted molar refractivity (Wildman–Crippen MR) is 127 cm³/mol. The average molecular weight is 410 g/mol. The smallest absolute Gasteiger partial charge is 0.322 e. The van der Waals surface area contributed by atoms with E-state index in [1.54, 1.807) is 0 Å². The number of carbonyl (C=O) groups excluding carboxylic acids is 1. The van der Waals surface area contributed by atoms with Crippen LogP contribution in [0.15, 0.2) is 66.7 Å². The first-order valence-corrected chi connectivity index (χ1v) is 10.8. The van der Waals surface area contributed by atoms with Crippen LogP contribution in [-0.2, 0) is 6.42 Å². The van der Waals surface area contributed by atoms with E-state index in [1.807, 2.05) is 17.0 Å². The number of carbonyl (C=O) groups is 1. The highest BCUT2D eigenvalue weighted by Crippen LogP contribution is 2.38. The summed E-state index contributed by atoms with van der Waals surface area (Å²) in [6.45, 7) is 6.86. The van der Waals surface area contributed by atoms with Gasteiger partial charge < -0.3 is 15.2 Å². The molecule has 2 N–H and O–H groups in total. The van der Waals surface area contributed by atoms with E-state index in [9.17, 15) is 4.79 Å². The number of rotatable bonds is 2. The predicted octanol–water partition coefficient (Wildman–Crippen LogP) is 6.27. The average Bonchev–Trinajstić information content (AvgIpc) is 3.12. The maximum absolute atomic E-state index is 13.5. The second kappa shape index (κ2) is 7.62. The lowest BCUT2D eigenvalue weighted by Crippen LogP contribution is -2.43. The number of nitrogens with one attached hydrogen (secondary N) is 2. The van der Waals surface area contributed by atoms with Gasteiger partial charge in [0.2, 0.25) is 0 Å². The number of para-hydroxylation sites is 1. The molecule has 0 saturated carbocycles. The van der Waals surface area contributed by atoms with Crippen LogP contribution >= 0.6 is 0 Å². The highest BCUT2D eigenvalue weighted by molar-refractivity contribution is 5.91. The maximum Gasteiger partial charge on any atom is 0.322 e. The van der Waals surface area contributed by atoms with Crippen LogP contribution < -0.4 is 5.32 Å². The topological polar surface area (TPSA) is 48.1 Å². The molecule has 4 aromatic rings. The van der Waals surface area contributed by atoms with Gasteiger partial charge in [-0.2, -0.15) is 0 Å². The number of aryl methyl sites for hydroxylation is 3. The van der Waals surface area contributed by atoms with Crippen LogP contribution in [0.3, 0.4) is 0 Å². The molecule has 2 heterocycles. The van der Waals surface area contributed by atoms with Crippen molar-refractivity contribution >= 4 is 22.6 Å². The number of benzene rings is 3. The zero-order valence-corrected chi connectivity index (χ0v) is 18.2. The van der Waals surface area contributed by atoms with E-state index in [0.29, 0.717) is 6.54 Å². The molecule has 2 amide bonds. The van der Waals surface area contributed by atoms with Gasteiger partial charge in [0.15, 0.2) is 0 Å². The molecule has 1 aliphatic heterocycles. The van der Waals surface area contributed by atoms with E-state index < -0.39 is 0 Å². The molecule has 0 spiro atoms. The summed E-state index contributed by atoms with van der Waals surface area (Å²) < 4.78 is 0. The van der Waals surface area contributed by atoms with Gasteiger partial charge in [-0.3, -0.25) is 0 Å². The molecule has 156 valence electrons. The first kappa shape index (κ1) is 19.4. The van der Waals surface area contributed by atoms with Crippen molar-refractivity contribution < 1.29 is 4.79 Å². The third kappa shape index (κ3) is 3.59. The summed E-state index contributed by atoms with van der Waals surface area (Å²) in [5.74, 6) is 0. The molecule has 1 aromatic heterocycles. The molecule has 0 aliphatic carbocycles. The Balaban J connectivity index is 1.57. The van der Waals surface area contributed by atoms with E-state index in [0.717, 1.165) is 40.0 Å². The Morgan fingerprint density at radius 1 is 0.935 bits per heavy atom. The third-order valence-corrected chi connectivity index (χ3v) is 6.16. The molecule has 4 nitrogen and oxygen atoms in total. The van der Waals surface area contributed by atoms with Crippen LogP contribution in [0.4, 0.5) is 10.5 Å². The van der Waals surface area contributed by atoms with Crippen molar-refractivity contribution in [2.45, 2.75) is 33.2 Å². The number of H-pyrrole nitrogens is 1. The number of hydrogen-bond donors (Lipinski definition) is 2. The number of nitrogens with zero attached hydrogens (tertiary/aromatic N) is 1. The summed E-state index contributed by atoms with van der Waals surface area (Å²) in [4.78, 5) is 19.0. The van der Waals surface area contributed by atoms with E-state index in [1.165, 1.54) is 16.5 Å². The third-order valence-electron chi connectivity index (χ3n) is 6.16. The minimum atomic E-state index is -0.150. The van der Waals surface area contributed by atoms with Crippen molar-refractivity contribution in [1.29, 1.82) is 0 Å². The Hall–Kier alpha value is -3.53. The second-order valence-corrected chi connectivity index (χ2v) is 8.63. The summed E-state index contributed by atoms with van der Waals surface area (Å²) in [5.41, 5.74) is 9.01. The largest absolute Gasteiger partial charge is 0.356 e. The van der Waals surface area contributed by atoms with Crippen LogP contribution in [0.1, 0.15) is 39.6 Å². The molecule has 1 atom stereocenters. The number of anilines is 1. The van der Waals surface area contributed by atoms with Crippen molar-refractivity contribution in [3.05, 3.63) is 100 Å². The number of amides is 2. The lowest BCUT2D eigenvalue weighted by molar-refractivity contribution is 0.193. The van der Waals surface area contributed by atoms with Gasteiger partial charge in [-0.15, -0.1) is 0 Å². The maximum atomic E-state index is 13.5. The van der Waals surface area contributed by atoms with Crippen LogP contribution in [-0.4, -0.2) is 22.5 Å². The zero-order chi connectivity index (χ0) is 21.5. The molecule has 1 aliphatic rings. The minimum Gasteiger partial charge on any atom is -0.356 e. The quantitative estimate of drug-likeness (QED) is 0.402. The van der Waals surface area contributed by atoms with E-state index in [2.05, 4.69) is 85.7 Å². The van der Waals surface area contributed by atoms with Crippen LogP contribution in [0.5, 0.6) is 0 Å². The molecule has 4 heteroatoms. The van der Waals surface area contributed by atoms with Crippen LogP contribution in [0.25, 0.3) is 10.9 Å². The van der Waals surface area contributed by atoms with E-state index in [-0.39, 0.29) is 12.1 Å². The Kier molecular flexibility index (Phi) is 4.78. The van der Waals surface area contributed by atoms with Crippen LogP contribution in [0.2, 0.25) is 0 Å². The van der Waals surface area contributed by atoms with Gasteiger partial charge in [-0.25, -0.2) is 4.79 Å². The monoisotopic (exact) mass is 409 g/mol. The molecule has 0 saturated heterocycles. The Labute approximate surface area is 182 Å². The van der Waals surface area contributed by atoms with Crippen LogP contribution in [0, 0.1) is 20.8 Å². The fraction of sp³-hybridized carbons (Fsp3) is 0.222. The molecule has 0 fully saturated rings. The first-order chi connectivity index (χ1) is 15.0. The fourth-order valence-corrected chi connectivity index (χ4v) is 4.80. The molecule has 5 rings (SSSR count). The van der Waals surface area contributed by atoms with Crippen molar-refractivity contribution in [2.75, 3.05) is 11.9 Å². The molecule has 0 radical (unpaired) electrons. The fourth-order valence-electron chi connectivity index (χ4n) is 4.80. The minimum absolute atomic E-state index is 0.0696. The molecule has 0 unspecified atom stereocenters. The van der Waals surface area contributed by atoms with Gasteiger partial charge in [0.25, 0.3) is 0 Å². The number of fused-ring (bicyclic) bond motifs is 3. The highest BCUT2D eigenvalue weighted by atomic mass is 16.2. The summed E-state index contributed by atoms with van der Waals surface area (Å²) in [7, 11) is 0. The SMILES string of the molecule is Cc1ccc([C@H]2c3[nH]c4ccccc4c3CCN2C(=O)Nc2cc(C)cc(C)c2)cc1. The lowest BCUT2D eigenvalue weighted by atomic mass is 9.92. The Morgan fingerprint density at radius 2 is 1.65 bits per heavy atom. The summed E-state index contributed by atoms with van der Waals surface area (Å²) in [6.07, 6.45) is 0.835. The summed E-state index contributed by atoms with van der Waals surface area (Å²) in [6, 6.07) is 22.8. The number of aromatic amines is 1. The molecule has 31 heavy (non-hydrogen) atoms.